The molecule has 0 aliphatic heterocycles. The number of rotatable bonds is 7. The fourth-order valence-corrected chi connectivity index (χ4v) is 3.40. The van der Waals surface area contributed by atoms with E-state index in [1.165, 1.54) is 0 Å². The van der Waals surface area contributed by atoms with Gasteiger partial charge in [-0.1, -0.05) is 26.7 Å². The van der Waals surface area contributed by atoms with Crippen LogP contribution in [-0.2, 0) is 0 Å². The zero-order chi connectivity index (χ0) is 15.2. The number of nitrogens with one attached hydrogen (secondary N) is 1. The van der Waals surface area contributed by atoms with Gasteiger partial charge in [-0.25, -0.2) is 0 Å². The smallest absolute Gasteiger partial charge is 0.319 e. The summed E-state index contributed by atoms with van der Waals surface area (Å²) in [5.41, 5.74) is 0.0156. The van der Waals surface area contributed by atoms with Gasteiger partial charge in [0.1, 0.15) is 0 Å². The quantitative estimate of drug-likeness (QED) is 0.770. The lowest BCUT2D eigenvalue weighted by Gasteiger charge is -2.43. The zero-order valence-corrected chi connectivity index (χ0v) is 13.0. The van der Waals surface area contributed by atoms with E-state index in [-0.39, 0.29) is 5.41 Å². The molecular weight excluding hydrogens is 265 g/mol. The second kappa shape index (κ2) is 7.64. The third-order valence-electron chi connectivity index (χ3n) is 4.39. The Morgan fingerprint density at radius 3 is 2.30 bits per heavy atom. The molecule has 0 aromatic heterocycles. The van der Waals surface area contributed by atoms with Crippen LogP contribution in [-0.4, -0.2) is 44.3 Å². The van der Waals surface area contributed by atoms with Gasteiger partial charge in [0.25, 0.3) is 0 Å². The zero-order valence-electron chi connectivity index (χ0n) is 13.0. The van der Waals surface area contributed by atoms with E-state index in [4.69, 9.17) is 0 Å². The highest BCUT2D eigenvalue weighted by atomic mass is 19.4. The maximum absolute atomic E-state index is 12.7. The first-order chi connectivity index (χ1) is 9.30. The molecule has 1 N–H and O–H groups in total. The van der Waals surface area contributed by atoms with Crippen LogP contribution in [0.15, 0.2) is 0 Å². The third kappa shape index (κ3) is 6.00. The SMILES string of the molecule is CCCN(CC(F)(F)F)CC1(CNC)CCC(C)CC1. The normalized spacial score (nSPS) is 28.1. The summed E-state index contributed by atoms with van der Waals surface area (Å²) in [6.07, 6.45) is 1.00. The number of halogens is 3. The Hall–Kier alpha value is -0.290. The average Bonchev–Trinajstić information content (AvgIpc) is 2.32. The molecule has 0 atom stereocenters. The second-order valence-corrected chi connectivity index (χ2v) is 6.54. The minimum Gasteiger partial charge on any atom is -0.319 e. The molecule has 0 bridgehead atoms. The molecule has 0 heterocycles. The molecule has 1 aliphatic rings. The Bertz CT molecular complexity index is 271. The molecule has 0 saturated heterocycles. The Kier molecular flexibility index (Phi) is 6.79. The number of alkyl halides is 3. The molecule has 0 radical (unpaired) electrons. The maximum Gasteiger partial charge on any atom is 0.401 e. The molecule has 1 fully saturated rings. The van der Waals surface area contributed by atoms with Crippen LogP contribution >= 0.6 is 0 Å². The summed E-state index contributed by atoms with van der Waals surface area (Å²) in [5.74, 6) is 0.710. The van der Waals surface area contributed by atoms with E-state index in [9.17, 15) is 13.2 Å². The van der Waals surface area contributed by atoms with Crippen molar-refractivity contribution < 1.29 is 13.2 Å². The van der Waals surface area contributed by atoms with Gasteiger partial charge < -0.3 is 5.32 Å². The lowest BCUT2D eigenvalue weighted by Crippen LogP contribution is -2.48. The Morgan fingerprint density at radius 1 is 1.25 bits per heavy atom. The van der Waals surface area contributed by atoms with Gasteiger partial charge in [0.15, 0.2) is 0 Å². The van der Waals surface area contributed by atoms with Crippen LogP contribution in [0.2, 0.25) is 0 Å². The molecule has 120 valence electrons. The van der Waals surface area contributed by atoms with Crippen LogP contribution < -0.4 is 5.32 Å². The van der Waals surface area contributed by atoms with E-state index in [0.717, 1.165) is 38.6 Å². The van der Waals surface area contributed by atoms with Gasteiger partial charge in [0, 0.05) is 13.1 Å². The fourth-order valence-electron chi connectivity index (χ4n) is 3.40. The summed E-state index contributed by atoms with van der Waals surface area (Å²) >= 11 is 0. The first-order valence-electron chi connectivity index (χ1n) is 7.74. The fraction of sp³-hybridized carbons (Fsp3) is 1.00. The molecular formula is C15H29F3N2. The first kappa shape index (κ1) is 17.8. The molecule has 0 amide bonds. The summed E-state index contributed by atoms with van der Waals surface area (Å²) < 4.78 is 38.1. The van der Waals surface area contributed by atoms with Crippen LogP contribution in [0.3, 0.4) is 0 Å². The van der Waals surface area contributed by atoms with Crippen molar-refractivity contribution in [3.63, 3.8) is 0 Å². The van der Waals surface area contributed by atoms with E-state index in [1.807, 2.05) is 14.0 Å². The highest BCUT2D eigenvalue weighted by molar-refractivity contribution is 4.89. The van der Waals surface area contributed by atoms with Crippen LogP contribution in [0, 0.1) is 11.3 Å². The van der Waals surface area contributed by atoms with Gasteiger partial charge in [0.2, 0.25) is 0 Å². The van der Waals surface area contributed by atoms with Crippen LogP contribution in [0.5, 0.6) is 0 Å². The molecule has 20 heavy (non-hydrogen) atoms. The van der Waals surface area contributed by atoms with Gasteiger partial charge >= 0.3 is 6.18 Å². The molecule has 0 spiro atoms. The predicted octanol–water partition coefficient (Wildman–Crippen LogP) is 3.68. The Balaban J connectivity index is 2.69. The molecule has 1 saturated carbocycles. The van der Waals surface area contributed by atoms with Crippen molar-refractivity contribution in [2.24, 2.45) is 11.3 Å². The van der Waals surface area contributed by atoms with Crippen LogP contribution in [0.1, 0.15) is 46.0 Å². The summed E-state index contributed by atoms with van der Waals surface area (Å²) in [6, 6.07) is 0. The molecule has 1 aliphatic carbocycles. The second-order valence-electron chi connectivity index (χ2n) is 6.54. The standard InChI is InChI=1S/C15H29F3N2/c1-4-9-20(12-15(16,17)18)11-14(10-19-3)7-5-13(2)6-8-14/h13,19H,4-12H2,1-3H3. The van der Waals surface area contributed by atoms with Gasteiger partial charge in [-0.05, 0) is 44.2 Å². The average molecular weight is 294 g/mol. The summed E-state index contributed by atoms with van der Waals surface area (Å²) in [5, 5.41) is 3.20. The minimum absolute atomic E-state index is 0.0156. The van der Waals surface area contributed by atoms with Crippen molar-refractivity contribution in [1.29, 1.82) is 0 Å². The predicted molar refractivity (Wildman–Crippen MR) is 76.8 cm³/mol. The van der Waals surface area contributed by atoms with E-state index in [0.29, 0.717) is 19.0 Å². The Labute approximate surface area is 121 Å². The van der Waals surface area contributed by atoms with E-state index < -0.39 is 12.7 Å². The molecule has 2 nitrogen and oxygen atoms in total. The van der Waals surface area contributed by atoms with Crippen molar-refractivity contribution in [2.75, 3.05) is 33.2 Å². The summed E-state index contributed by atoms with van der Waals surface area (Å²) in [7, 11) is 1.90. The monoisotopic (exact) mass is 294 g/mol. The summed E-state index contributed by atoms with van der Waals surface area (Å²) in [4.78, 5) is 1.60. The van der Waals surface area contributed by atoms with Crippen molar-refractivity contribution in [3.05, 3.63) is 0 Å². The minimum atomic E-state index is -4.10. The molecule has 0 aromatic rings. The van der Waals surface area contributed by atoms with Crippen molar-refractivity contribution in [3.8, 4) is 0 Å². The van der Waals surface area contributed by atoms with E-state index in [2.05, 4.69) is 12.2 Å². The molecule has 5 heteroatoms. The summed E-state index contributed by atoms with van der Waals surface area (Å²) in [6.45, 7) is 5.31. The lowest BCUT2D eigenvalue weighted by atomic mass is 9.70. The molecule has 1 rings (SSSR count). The van der Waals surface area contributed by atoms with Crippen molar-refractivity contribution in [1.82, 2.24) is 10.2 Å². The van der Waals surface area contributed by atoms with Crippen molar-refractivity contribution in [2.45, 2.75) is 52.1 Å². The molecule has 0 unspecified atom stereocenters. The highest BCUT2D eigenvalue weighted by Crippen LogP contribution is 2.39. The van der Waals surface area contributed by atoms with Gasteiger partial charge in [-0.2, -0.15) is 13.2 Å². The van der Waals surface area contributed by atoms with Crippen molar-refractivity contribution >= 4 is 0 Å². The topological polar surface area (TPSA) is 15.3 Å². The number of hydrogen-bond acceptors (Lipinski definition) is 2. The molecule has 0 aromatic carbocycles. The highest BCUT2D eigenvalue weighted by Gasteiger charge is 2.38. The maximum atomic E-state index is 12.7. The van der Waals surface area contributed by atoms with Gasteiger partial charge in [0.05, 0.1) is 6.54 Å². The van der Waals surface area contributed by atoms with Gasteiger partial charge in [-0.15, -0.1) is 0 Å². The third-order valence-corrected chi connectivity index (χ3v) is 4.39. The van der Waals surface area contributed by atoms with Crippen LogP contribution in [0.4, 0.5) is 13.2 Å². The Morgan fingerprint density at radius 2 is 1.85 bits per heavy atom. The number of hydrogen-bond donors (Lipinski definition) is 1. The van der Waals surface area contributed by atoms with Gasteiger partial charge in [-0.3, -0.25) is 4.90 Å². The van der Waals surface area contributed by atoms with E-state index >= 15 is 0 Å². The first-order valence-corrected chi connectivity index (χ1v) is 7.74. The number of nitrogens with zero attached hydrogens (tertiary/aromatic N) is 1. The van der Waals surface area contributed by atoms with Crippen LogP contribution in [0.25, 0.3) is 0 Å². The largest absolute Gasteiger partial charge is 0.401 e. The lowest BCUT2D eigenvalue weighted by molar-refractivity contribution is -0.150. The van der Waals surface area contributed by atoms with E-state index in [1.54, 1.807) is 4.90 Å².